The first kappa shape index (κ1) is 59.3. The van der Waals surface area contributed by atoms with Gasteiger partial charge in [-0.05, 0) is 77.0 Å². The zero-order chi connectivity index (χ0) is 45.9. The van der Waals surface area contributed by atoms with Crippen LogP contribution >= 0.6 is 0 Å². The van der Waals surface area contributed by atoms with Crippen molar-refractivity contribution in [2.75, 3.05) is 6.61 Å². The van der Waals surface area contributed by atoms with E-state index in [1.165, 1.54) is 70.6 Å². The summed E-state index contributed by atoms with van der Waals surface area (Å²) >= 11 is 0. The highest BCUT2D eigenvalue weighted by Crippen LogP contribution is 2.16. The van der Waals surface area contributed by atoms with E-state index in [9.17, 15) is 19.8 Å². The van der Waals surface area contributed by atoms with E-state index in [0.717, 1.165) is 77.0 Å². The maximum Gasteiger partial charge on any atom is 0.306 e. The monoisotopic (exact) mass is 872 g/mol. The molecule has 63 heavy (non-hydrogen) atoms. The van der Waals surface area contributed by atoms with Crippen LogP contribution in [0.3, 0.4) is 0 Å². The largest absolute Gasteiger partial charge is 0.462 e. The SMILES string of the molecule is CC/C=C\C/C=C\C/C=C\C/C=C\C/C=C\CCCC(CC(=O)NC(CO)C(O)CCCCCCCCCCCCCCCC)OC(=O)CCC/C=C/C=C\C=C/C=C/C=C/CC. The van der Waals surface area contributed by atoms with Gasteiger partial charge in [0.25, 0.3) is 0 Å². The van der Waals surface area contributed by atoms with E-state index in [4.69, 9.17) is 4.74 Å². The van der Waals surface area contributed by atoms with Gasteiger partial charge < -0.3 is 20.3 Å². The zero-order valence-electron chi connectivity index (χ0n) is 40.4. The van der Waals surface area contributed by atoms with Crippen molar-refractivity contribution in [3.8, 4) is 0 Å². The van der Waals surface area contributed by atoms with E-state index in [2.05, 4.69) is 92.9 Å². The van der Waals surface area contributed by atoms with Crippen molar-refractivity contribution in [1.82, 2.24) is 5.32 Å². The number of hydrogen-bond donors (Lipinski definition) is 3. The average Bonchev–Trinajstić information content (AvgIpc) is 3.28. The molecule has 0 heterocycles. The fourth-order valence-electron chi connectivity index (χ4n) is 6.90. The molecule has 0 bridgehead atoms. The Morgan fingerprint density at radius 1 is 0.492 bits per heavy atom. The molecule has 0 aromatic heterocycles. The average molecular weight is 872 g/mol. The number of carbonyl (C=O) groups excluding carboxylic acids is 2. The molecule has 3 atom stereocenters. The Morgan fingerprint density at radius 3 is 1.44 bits per heavy atom. The predicted molar refractivity (Wildman–Crippen MR) is 273 cm³/mol. The van der Waals surface area contributed by atoms with Crippen LogP contribution < -0.4 is 5.32 Å². The molecule has 6 heteroatoms. The van der Waals surface area contributed by atoms with Crippen LogP contribution in [-0.4, -0.2) is 46.9 Å². The van der Waals surface area contributed by atoms with Crippen LogP contribution in [0.4, 0.5) is 0 Å². The van der Waals surface area contributed by atoms with E-state index in [-0.39, 0.29) is 31.3 Å². The van der Waals surface area contributed by atoms with Crippen LogP contribution in [0.15, 0.2) is 122 Å². The number of unbranched alkanes of at least 4 members (excludes halogenated alkanes) is 15. The molecular weight excluding hydrogens is 779 g/mol. The summed E-state index contributed by atoms with van der Waals surface area (Å²) in [6, 6.07) is -0.743. The highest BCUT2D eigenvalue weighted by atomic mass is 16.5. The van der Waals surface area contributed by atoms with Gasteiger partial charge in [-0.3, -0.25) is 9.59 Å². The summed E-state index contributed by atoms with van der Waals surface area (Å²) in [5.41, 5.74) is 0. The van der Waals surface area contributed by atoms with Gasteiger partial charge >= 0.3 is 5.97 Å². The summed E-state index contributed by atoms with van der Waals surface area (Å²) in [5.74, 6) is -0.631. The Balaban J connectivity index is 4.82. The van der Waals surface area contributed by atoms with Gasteiger partial charge in [0.1, 0.15) is 6.10 Å². The third-order valence-electron chi connectivity index (χ3n) is 10.7. The molecule has 0 aliphatic carbocycles. The lowest BCUT2D eigenvalue weighted by Crippen LogP contribution is -2.46. The molecule has 0 aliphatic rings. The number of allylic oxidation sites excluding steroid dienone is 20. The Morgan fingerprint density at radius 2 is 0.937 bits per heavy atom. The van der Waals surface area contributed by atoms with Gasteiger partial charge in [0.15, 0.2) is 0 Å². The molecule has 0 fully saturated rings. The summed E-state index contributed by atoms with van der Waals surface area (Å²) < 4.78 is 5.86. The maximum absolute atomic E-state index is 13.2. The molecular formula is C57H93NO5. The number of esters is 1. The third kappa shape index (κ3) is 44.7. The molecule has 3 N–H and O–H groups in total. The number of carbonyl (C=O) groups is 2. The summed E-state index contributed by atoms with van der Waals surface area (Å²) in [6.45, 7) is 6.18. The number of aliphatic hydroxyl groups excluding tert-OH is 2. The standard InChI is InChI=1S/C57H93NO5/c1-4-7-10-13-16-19-22-25-27-28-29-31-33-36-39-42-45-48-53(63-57(62)50-47-44-41-38-35-30-24-21-18-15-12-9-6-3)51-56(61)58-54(52-59)55(60)49-46-43-40-37-34-32-26-23-20-17-14-11-8-5-2/h7,9-10,12,15-16,18-19,21,24-25,27,29-31,35-36,38-39,41,53-55,59-60H,4-6,8,11,13-14,17,20,22-23,26,28,32-34,37,40,42-52H2,1-3H3,(H,58,61)/b10-7-,12-9+,18-15+,19-16-,24-21-,27-25-,31-29-,35-30-,39-36-,41-38+. The topological polar surface area (TPSA) is 95.9 Å². The van der Waals surface area contributed by atoms with Gasteiger partial charge in [0, 0.05) is 6.42 Å². The number of amides is 1. The molecule has 0 aromatic rings. The lowest BCUT2D eigenvalue weighted by molar-refractivity contribution is -0.151. The number of hydrogen-bond acceptors (Lipinski definition) is 5. The molecule has 6 nitrogen and oxygen atoms in total. The molecule has 0 aromatic carbocycles. The van der Waals surface area contributed by atoms with Crippen molar-refractivity contribution in [2.24, 2.45) is 0 Å². The Hall–Kier alpha value is -3.74. The molecule has 0 rings (SSSR count). The highest BCUT2D eigenvalue weighted by molar-refractivity contribution is 5.77. The molecule has 1 amide bonds. The predicted octanol–water partition coefficient (Wildman–Crippen LogP) is 15.3. The smallest absolute Gasteiger partial charge is 0.306 e. The highest BCUT2D eigenvalue weighted by Gasteiger charge is 2.24. The normalized spacial score (nSPS) is 14.3. The van der Waals surface area contributed by atoms with E-state index >= 15 is 0 Å². The summed E-state index contributed by atoms with van der Waals surface area (Å²) in [5, 5.41) is 23.7. The van der Waals surface area contributed by atoms with Crippen LogP contribution in [0.5, 0.6) is 0 Å². The second-order valence-electron chi connectivity index (χ2n) is 16.6. The zero-order valence-corrected chi connectivity index (χ0v) is 40.4. The van der Waals surface area contributed by atoms with Crippen LogP contribution in [-0.2, 0) is 14.3 Å². The number of rotatable bonds is 43. The first-order valence-corrected chi connectivity index (χ1v) is 25.3. The van der Waals surface area contributed by atoms with Crippen molar-refractivity contribution >= 4 is 11.9 Å². The lowest BCUT2D eigenvalue weighted by Gasteiger charge is -2.24. The van der Waals surface area contributed by atoms with Crippen molar-refractivity contribution in [3.63, 3.8) is 0 Å². The minimum absolute atomic E-state index is 0.00176. The second kappa shape index (κ2) is 49.3. The molecule has 3 unspecified atom stereocenters. The van der Waals surface area contributed by atoms with Crippen molar-refractivity contribution in [2.45, 2.75) is 219 Å². The Kier molecular flexibility index (Phi) is 46.4. The lowest BCUT2D eigenvalue weighted by atomic mass is 10.0. The Bertz CT molecular complexity index is 1350. The number of ether oxygens (including phenoxy) is 1. The molecule has 0 spiro atoms. The Labute approximate surface area is 387 Å². The van der Waals surface area contributed by atoms with Gasteiger partial charge in [-0.15, -0.1) is 0 Å². The molecule has 0 saturated carbocycles. The van der Waals surface area contributed by atoms with Gasteiger partial charge in [-0.2, -0.15) is 0 Å². The summed E-state index contributed by atoms with van der Waals surface area (Å²) in [4.78, 5) is 26.1. The molecule has 0 saturated heterocycles. The van der Waals surface area contributed by atoms with Crippen LogP contribution in [0.25, 0.3) is 0 Å². The summed E-state index contributed by atoms with van der Waals surface area (Å²) in [7, 11) is 0. The first-order valence-electron chi connectivity index (χ1n) is 25.3. The van der Waals surface area contributed by atoms with Gasteiger partial charge in [0.2, 0.25) is 5.91 Å². The van der Waals surface area contributed by atoms with E-state index in [0.29, 0.717) is 19.3 Å². The number of aliphatic hydroxyl groups is 2. The molecule has 0 radical (unpaired) electrons. The third-order valence-corrected chi connectivity index (χ3v) is 10.7. The maximum atomic E-state index is 13.2. The van der Waals surface area contributed by atoms with Gasteiger partial charge in [-0.1, -0.05) is 232 Å². The fraction of sp³-hybridized carbons (Fsp3) is 0.614. The first-order chi connectivity index (χ1) is 31.0. The molecule has 0 aliphatic heterocycles. The fourth-order valence-corrected chi connectivity index (χ4v) is 6.90. The minimum atomic E-state index is -0.823. The van der Waals surface area contributed by atoms with Crippen LogP contribution in [0.1, 0.15) is 201 Å². The van der Waals surface area contributed by atoms with Crippen LogP contribution in [0.2, 0.25) is 0 Å². The van der Waals surface area contributed by atoms with Gasteiger partial charge in [-0.25, -0.2) is 0 Å². The van der Waals surface area contributed by atoms with E-state index in [1.54, 1.807) is 0 Å². The quantitative estimate of drug-likeness (QED) is 0.0245. The van der Waals surface area contributed by atoms with Crippen molar-refractivity contribution < 1.29 is 24.5 Å². The van der Waals surface area contributed by atoms with Crippen LogP contribution in [0, 0.1) is 0 Å². The van der Waals surface area contributed by atoms with E-state index in [1.807, 2.05) is 54.7 Å². The van der Waals surface area contributed by atoms with Gasteiger partial charge in [0.05, 0.1) is 25.2 Å². The second-order valence-corrected chi connectivity index (χ2v) is 16.6. The van der Waals surface area contributed by atoms with E-state index < -0.39 is 18.2 Å². The van der Waals surface area contributed by atoms with Crippen molar-refractivity contribution in [3.05, 3.63) is 122 Å². The number of nitrogens with one attached hydrogen (secondary N) is 1. The summed E-state index contributed by atoms with van der Waals surface area (Å²) in [6.07, 6.45) is 68.3. The van der Waals surface area contributed by atoms with Crippen molar-refractivity contribution in [1.29, 1.82) is 0 Å². The molecule has 356 valence electrons. The minimum Gasteiger partial charge on any atom is -0.462 e.